The van der Waals surface area contributed by atoms with Crippen LogP contribution in [0.4, 0.5) is 5.69 Å². The molecule has 0 amide bonds. The lowest BCUT2D eigenvalue weighted by Gasteiger charge is -2.08. The van der Waals surface area contributed by atoms with Crippen LogP contribution in [0.1, 0.15) is 5.69 Å². The summed E-state index contributed by atoms with van der Waals surface area (Å²) in [4.78, 5) is 4.31. The molecule has 9 heteroatoms. The third-order valence-electron chi connectivity index (χ3n) is 3.82. The first-order valence-electron chi connectivity index (χ1n) is 8.18. The van der Waals surface area contributed by atoms with Crippen LogP contribution >= 0.6 is 28.6 Å². The number of rotatable bonds is 6. The molecule has 0 atom stereocenters. The number of halogens is 2. The van der Waals surface area contributed by atoms with Crippen molar-refractivity contribution in [3.8, 4) is 17.2 Å². The van der Waals surface area contributed by atoms with Gasteiger partial charge in [-0.05, 0) is 48.5 Å². The Labute approximate surface area is 178 Å². The van der Waals surface area contributed by atoms with E-state index < -0.39 is 0 Å². The Kier molecular flexibility index (Phi) is 7.71. The van der Waals surface area contributed by atoms with E-state index in [0.29, 0.717) is 17.3 Å². The fourth-order valence-corrected chi connectivity index (χ4v) is 2.68. The van der Waals surface area contributed by atoms with Crippen LogP contribution in [0.5, 0.6) is 11.5 Å². The van der Waals surface area contributed by atoms with Gasteiger partial charge in [0, 0.05) is 11.9 Å². The number of aromatic nitrogens is 2. The molecular weight excluding hydrogens is 446 g/mol. The Morgan fingerprint density at radius 3 is 2.54 bits per heavy atom. The Morgan fingerprint density at radius 2 is 1.89 bits per heavy atom. The topological polar surface area (TPSA) is 86.7 Å². The van der Waals surface area contributed by atoms with Crippen molar-refractivity contribution in [1.29, 1.82) is 0 Å². The molecule has 0 unspecified atom stereocenters. The molecule has 3 rings (SSSR count). The predicted octanol–water partition coefficient (Wildman–Crippen LogP) is 4.05. The van der Waals surface area contributed by atoms with Crippen molar-refractivity contribution in [3.05, 3.63) is 65.4 Å². The van der Waals surface area contributed by atoms with Crippen LogP contribution in [-0.2, 0) is 6.54 Å². The van der Waals surface area contributed by atoms with Crippen LogP contribution in [-0.4, -0.2) is 30.0 Å². The Hall–Kier alpha value is -2.71. The molecule has 2 aromatic carbocycles. The Bertz CT molecular complexity index is 944. The summed E-state index contributed by atoms with van der Waals surface area (Å²) in [5, 5.41) is 7.99. The summed E-state index contributed by atoms with van der Waals surface area (Å²) in [5.74, 6) is 1.67. The SMILES string of the molecule is Br.COc1ccc(-n2ccc(CN=C(N)Nc3ccc(OC)c(Cl)c3)n2)cc1. The van der Waals surface area contributed by atoms with Crippen LogP contribution in [0.25, 0.3) is 5.69 Å². The van der Waals surface area contributed by atoms with Gasteiger partial charge in [-0.15, -0.1) is 17.0 Å². The Balaban J connectivity index is 0.00000280. The van der Waals surface area contributed by atoms with Gasteiger partial charge in [-0.2, -0.15) is 5.10 Å². The van der Waals surface area contributed by atoms with E-state index >= 15 is 0 Å². The zero-order valence-corrected chi connectivity index (χ0v) is 17.9. The van der Waals surface area contributed by atoms with Crippen molar-refractivity contribution in [3.63, 3.8) is 0 Å². The maximum atomic E-state index is 6.10. The number of hydrogen-bond donors (Lipinski definition) is 2. The number of benzene rings is 2. The molecule has 0 bridgehead atoms. The van der Waals surface area contributed by atoms with Crippen LogP contribution in [0.15, 0.2) is 59.7 Å². The third-order valence-corrected chi connectivity index (χ3v) is 4.11. The van der Waals surface area contributed by atoms with Gasteiger partial charge in [-0.3, -0.25) is 0 Å². The third kappa shape index (κ3) is 5.40. The lowest BCUT2D eigenvalue weighted by Crippen LogP contribution is -2.22. The molecule has 3 aromatic rings. The summed E-state index contributed by atoms with van der Waals surface area (Å²) in [5.41, 5.74) is 8.40. The smallest absolute Gasteiger partial charge is 0.193 e. The zero-order chi connectivity index (χ0) is 19.2. The van der Waals surface area contributed by atoms with Gasteiger partial charge in [0.2, 0.25) is 0 Å². The number of aliphatic imine (C=N–C) groups is 1. The van der Waals surface area contributed by atoms with Crippen molar-refractivity contribution in [1.82, 2.24) is 9.78 Å². The fourth-order valence-electron chi connectivity index (χ4n) is 2.42. The standard InChI is InChI=1S/C19H20ClN5O2.BrH/c1-26-16-6-4-15(5-7-16)25-10-9-14(24-25)12-22-19(21)23-13-3-8-18(27-2)17(20)11-13;/h3-11H,12H2,1-2H3,(H3,21,22,23);1H. The number of guanidine groups is 1. The molecule has 0 fully saturated rings. The molecule has 148 valence electrons. The van der Waals surface area contributed by atoms with E-state index in [-0.39, 0.29) is 22.9 Å². The number of nitrogens with two attached hydrogens (primary N) is 1. The van der Waals surface area contributed by atoms with Crippen molar-refractivity contribution in [2.75, 3.05) is 19.5 Å². The maximum Gasteiger partial charge on any atom is 0.193 e. The largest absolute Gasteiger partial charge is 0.497 e. The quantitative estimate of drug-likeness (QED) is 0.423. The van der Waals surface area contributed by atoms with E-state index in [0.717, 1.165) is 22.8 Å². The van der Waals surface area contributed by atoms with Crippen molar-refractivity contribution >= 4 is 40.2 Å². The number of anilines is 1. The molecule has 0 spiro atoms. The van der Waals surface area contributed by atoms with Crippen LogP contribution in [0, 0.1) is 0 Å². The molecule has 0 aliphatic carbocycles. The second kappa shape index (κ2) is 10.0. The molecule has 1 heterocycles. The van der Waals surface area contributed by atoms with Gasteiger partial charge < -0.3 is 20.5 Å². The number of nitrogens with one attached hydrogen (secondary N) is 1. The normalized spacial score (nSPS) is 10.9. The number of nitrogens with zero attached hydrogens (tertiary/aromatic N) is 3. The second-order valence-electron chi connectivity index (χ2n) is 5.63. The van der Waals surface area contributed by atoms with Crippen molar-refractivity contribution < 1.29 is 9.47 Å². The van der Waals surface area contributed by atoms with Gasteiger partial charge in [0.25, 0.3) is 0 Å². The highest BCUT2D eigenvalue weighted by Crippen LogP contribution is 2.27. The summed E-state index contributed by atoms with van der Waals surface area (Å²) >= 11 is 6.10. The van der Waals surface area contributed by atoms with Gasteiger partial charge in [0.15, 0.2) is 5.96 Å². The summed E-state index contributed by atoms with van der Waals surface area (Å²) in [6, 6.07) is 14.8. The molecule has 7 nitrogen and oxygen atoms in total. The maximum absolute atomic E-state index is 6.10. The monoisotopic (exact) mass is 465 g/mol. The van der Waals surface area contributed by atoms with Crippen LogP contribution in [0.3, 0.4) is 0 Å². The first-order valence-corrected chi connectivity index (χ1v) is 8.56. The van der Waals surface area contributed by atoms with Gasteiger partial charge in [0.05, 0.1) is 37.2 Å². The number of methoxy groups -OCH3 is 2. The molecule has 1 aromatic heterocycles. The van der Waals surface area contributed by atoms with Gasteiger partial charge in [-0.1, -0.05) is 11.6 Å². The predicted molar refractivity (Wildman–Crippen MR) is 117 cm³/mol. The van der Waals surface area contributed by atoms with Gasteiger partial charge in [-0.25, -0.2) is 9.67 Å². The summed E-state index contributed by atoms with van der Waals surface area (Å²) in [6.45, 7) is 0.353. The lowest BCUT2D eigenvalue weighted by atomic mass is 10.3. The van der Waals surface area contributed by atoms with Crippen molar-refractivity contribution in [2.24, 2.45) is 10.7 Å². The minimum absolute atomic E-state index is 0. The van der Waals surface area contributed by atoms with E-state index in [9.17, 15) is 0 Å². The highest BCUT2D eigenvalue weighted by Gasteiger charge is 2.04. The van der Waals surface area contributed by atoms with Crippen LogP contribution in [0.2, 0.25) is 5.02 Å². The molecule has 28 heavy (non-hydrogen) atoms. The molecular formula is C19H21BrClN5O2. The molecule has 0 saturated carbocycles. The minimum atomic E-state index is 0. The number of ether oxygens (including phenoxy) is 2. The first kappa shape index (κ1) is 21.6. The van der Waals surface area contributed by atoms with Gasteiger partial charge >= 0.3 is 0 Å². The Morgan fingerprint density at radius 1 is 1.14 bits per heavy atom. The van der Waals surface area contributed by atoms with Crippen molar-refractivity contribution in [2.45, 2.75) is 6.54 Å². The summed E-state index contributed by atoms with van der Waals surface area (Å²) in [7, 11) is 3.20. The van der Waals surface area contributed by atoms with Gasteiger partial charge in [0.1, 0.15) is 11.5 Å². The molecule has 0 radical (unpaired) electrons. The summed E-state index contributed by atoms with van der Waals surface area (Å²) in [6.07, 6.45) is 1.87. The summed E-state index contributed by atoms with van der Waals surface area (Å²) < 4.78 is 12.1. The van der Waals surface area contributed by atoms with E-state index in [1.807, 2.05) is 42.6 Å². The first-order chi connectivity index (χ1) is 13.1. The molecule has 0 aliphatic heterocycles. The molecule has 0 saturated heterocycles. The molecule has 3 N–H and O–H groups in total. The second-order valence-corrected chi connectivity index (χ2v) is 6.03. The average molecular weight is 467 g/mol. The highest BCUT2D eigenvalue weighted by atomic mass is 79.9. The molecule has 0 aliphatic rings. The highest BCUT2D eigenvalue weighted by molar-refractivity contribution is 8.93. The van der Waals surface area contributed by atoms with E-state index in [2.05, 4.69) is 15.4 Å². The van der Waals surface area contributed by atoms with Crippen LogP contribution < -0.4 is 20.5 Å². The van der Waals surface area contributed by atoms with E-state index in [1.165, 1.54) is 0 Å². The lowest BCUT2D eigenvalue weighted by molar-refractivity contribution is 0.414. The average Bonchev–Trinajstić information content (AvgIpc) is 3.16. The van der Waals surface area contributed by atoms with E-state index in [4.69, 9.17) is 26.8 Å². The minimum Gasteiger partial charge on any atom is -0.497 e. The number of hydrogen-bond acceptors (Lipinski definition) is 4. The zero-order valence-electron chi connectivity index (χ0n) is 15.4. The fraction of sp³-hybridized carbons (Fsp3) is 0.158. The van der Waals surface area contributed by atoms with E-state index in [1.54, 1.807) is 31.0 Å².